The number of hydrazone groups is 1. The maximum Gasteiger partial charge on any atom is 0.259 e. The average Bonchev–Trinajstić information content (AvgIpc) is 3.03. The number of aromatic nitrogens is 1. The van der Waals surface area contributed by atoms with Crippen molar-refractivity contribution in [3.05, 3.63) is 58.6 Å². The number of amides is 1. The molecule has 0 aliphatic rings. The van der Waals surface area contributed by atoms with Crippen LogP contribution in [0.1, 0.15) is 23.1 Å². The summed E-state index contributed by atoms with van der Waals surface area (Å²) in [4.78, 5) is 16.5. The van der Waals surface area contributed by atoms with Gasteiger partial charge in [-0.25, -0.2) is 10.4 Å². The summed E-state index contributed by atoms with van der Waals surface area (Å²) in [6, 6.07) is 14.0. The number of hydrogen-bond donors (Lipinski definition) is 2. The van der Waals surface area contributed by atoms with Crippen molar-refractivity contribution in [2.45, 2.75) is 20.8 Å². The number of nitrogens with one attached hydrogen (secondary N) is 2. The second kappa shape index (κ2) is 7.44. The van der Waals surface area contributed by atoms with Gasteiger partial charge in [0.05, 0.1) is 22.5 Å². The van der Waals surface area contributed by atoms with Gasteiger partial charge in [-0.15, -0.1) is 11.3 Å². The van der Waals surface area contributed by atoms with Crippen molar-refractivity contribution in [3.63, 3.8) is 0 Å². The number of nitrogens with zero attached hydrogens (tertiary/aromatic N) is 2. The Hall–Kier alpha value is -2.73. The summed E-state index contributed by atoms with van der Waals surface area (Å²) in [5.41, 5.74) is 7.48. The van der Waals surface area contributed by atoms with Crippen molar-refractivity contribution in [3.8, 4) is 0 Å². The molecule has 0 aliphatic heterocycles. The molecular weight excluding hydrogens is 332 g/mol. The number of hydrogen-bond acceptors (Lipinski definition) is 5. The van der Waals surface area contributed by atoms with Gasteiger partial charge in [-0.1, -0.05) is 29.8 Å². The third-order valence-corrected chi connectivity index (χ3v) is 4.92. The molecule has 25 heavy (non-hydrogen) atoms. The van der Waals surface area contributed by atoms with E-state index in [9.17, 15) is 4.79 Å². The van der Waals surface area contributed by atoms with Gasteiger partial charge in [-0.05, 0) is 44.5 Å². The van der Waals surface area contributed by atoms with Crippen LogP contribution in [-0.4, -0.2) is 23.1 Å². The SMILES string of the molecule is C/C(=N/NC(=O)CNc1ccc(C)cc1C)c1nc2ccccc2s1. The lowest BCUT2D eigenvalue weighted by molar-refractivity contribution is -0.119. The highest BCUT2D eigenvalue weighted by atomic mass is 32.1. The molecule has 0 saturated heterocycles. The molecule has 0 atom stereocenters. The maximum atomic E-state index is 12.0. The predicted octanol–water partition coefficient (Wildman–Crippen LogP) is 3.87. The molecular formula is C19H20N4OS. The van der Waals surface area contributed by atoms with Gasteiger partial charge >= 0.3 is 0 Å². The van der Waals surface area contributed by atoms with Crippen LogP contribution in [0.3, 0.4) is 0 Å². The Bertz CT molecular complexity index is 913. The van der Waals surface area contributed by atoms with Gasteiger partial charge in [0.2, 0.25) is 0 Å². The minimum absolute atomic E-state index is 0.167. The maximum absolute atomic E-state index is 12.0. The molecule has 5 nitrogen and oxygen atoms in total. The Morgan fingerprint density at radius 1 is 1.20 bits per heavy atom. The van der Waals surface area contributed by atoms with Crippen LogP contribution in [0.25, 0.3) is 10.2 Å². The number of fused-ring (bicyclic) bond motifs is 1. The van der Waals surface area contributed by atoms with Crippen LogP contribution < -0.4 is 10.7 Å². The van der Waals surface area contributed by atoms with E-state index in [1.54, 1.807) is 11.3 Å². The van der Waals surface area contributed by atoms with E-state index in [1.165, 1.54) is 5.56 Å². The average molecular weight is 352 g/mol. The third kappa shape index (κ3) is 4.22. The number of thiazole rings is 1. The molecule has 0 radical (unpaired) electrons. The molecule has 2 N–H and O–H groups in total. The van der Waals surface area contributed by atoms with Crippen molar-refractivity contribution in [2.75, 3.05) is 11.9 Å². The van der Waals surface area contributed by atoms with E-state index in [-0.39, 0.29) is 12.5 Å². The van der Waals surface area contributed by atoms with Crippen molar-refractivity contribution >= 4 is 38.9 Å². The number of para-hydroxylation sites is 1. The molecule has 1 aromatic heterocycles. The molecule has 6 heteroatoms. The molecule has 3 rings (SSSR count). The fourth-order valence-electron chi connectivity index (χ4n) is 2.45. The number of benzene rings is 2. The van der Waals surface area contributed by atoms with Crippen LogP contribution in [0.5, 0.6) is 0 Å². The zero-order valence-electron chi connectivity index (χ0n) is 14.5. The summed E-state index contributed by atoms with van der Waals surface area (Å²) in [5.74, 6) is -0.194. The van der Waals surface area contributed by atoms with E-state index in [0.717, 1.165) is 26.5 Å². The quantitative estimate of drug-likeness (QED) is 0.541. The van der Waals surface area contributed by atoms with Gasteiger partial charge < -0.3 is 5.32 Å². The number of carbonyl (C=O) groups is 1. The Morgan fingerprint density at radius 3 is 2.76 bits per heavy atom. The van der Waals surface area contributed by atoms with Gasteiger partial charge in [-0.3, -0.25) is 4.79 Å². The monoisotopic (exact) mass is 352 g/mol. The molecule has 128 valence electrons. The van der Waals surface area contributed by atoms with Crippen molar-refractivity contribution in [1.29, 1.82) is 0 Å². The molecule has 0 spiro atoms. The fourth-order valence-corrected chi connectivity index (χ4v) is 3.36. The zero-order chi connectivity index (χ0) is 17.8. The lowest BCUT2D eigenvalue weighted by atomic mass is 10.1. The van der Waals surface area contributed by atoms with Gasteiger partial charge in [0.1, 0.15) is 5.01 Å². The van der Waals surface area contributed by atoms with E-state index in [4.69, 9.17) is 0 Å². The van der Waals surface area contributed by atoms with Crippen LogP contribution in [0, 0.1) is 13.8 Å². The smallest absolute Gasteiger partial charge is 0.259 e. The van der Waals surface area contributed by atoms with Crippen LogP contribution in [0.15, 0.2) is 47.6 Å². The summed E-state index contributed by atoms with van der Waals surface area (Å²) in [6.07, 6.45) is 0. The van der Waals surface area contributed by atoms with Gasteiger partial charge in [0.15, 0.2) is 0 Å². The minimum atomic E-state index is -0.194. The third-order valence-electron chi connectivity index (χ3n) is 3.77. The van der Waals surface area contributed by atoms with Crippen molar-refractivity contribution in [1.82, 2.24) is 10.4 Å². The van der Waals surface area contributed by atoms with E-state index >= 15 is 0 Å². The Morgan fingerprint density at radius 2 is 2.00 bits per heavy atom. The van der Waals surface area contributed by atoms with Gasteiger partial charge in [-0.2, -0.15) is 5.10 Å². The molecule has 1 amide bonds. The summed E-state index contributed by atoms with van der Waals surface area (Å²) in [6.45, 7) is 6.07. The number of anilines is 1. The minimum Gasteiger partial charge on any atom is -0.376 e. The van der Waals surface area contributed by atoms with Crippen molar-refractivity contribution < 1.29 is 4.79 Å². The highest BCUT2D eigenvalue weighted by Gasteiger charge is 2.07. The Kier molecular flexibility index (Phi) is 5.09. The lowest BCUT2D eigenvalue weighted by Crippen LogP contribution is -2.27. The number of rotatable bonds is 5. The fraction of sp³-hybridized carbons (Fsp3) is 0.211. The van der Waals surface area contributed by atoms with E-state index < -0.39 is 0 Å². The topological polar surface area (TPSA) is 66.4 Å². The summed E-state index contributed by atoms with van der Waals surface area (Å²) < 4.78 is 1.11. The van der Waals surface area contributed by atoms with Gasteiger partial charge in [0, 0.05) is 5.69 Å². The van der Waals surface area contributed by atoms with Crippen LogP contribution in [0.2, 0.25) is 0 Å². The van der Waals surface area contributed by atoms with Crippen LogP contribution in [-0.2, 0) is 4.79 Å². The number of carbonyl (C=O) groups excluding carboxylic acids is 1. The van der Waals surface area contributed by atoms with Crippen molar-refractivity contribution in [2.24, 2.45) is 5.10 Å². The standard InChI is InChI=1S/C19H20N4OS/c1-12-8-9-15(13(2)10-12)20-11-18(24)23-22-14(3)19-21-16-6-4-5-7-17(16)25-19/h4-10,20H,11H2,1-3H3,(H,23,24)/b22-14-. The Labute approximate surface area is 150 Å². The first kappa shape index (κ1) is 17.1. The highest BCUT2D eigenvalue weighted by molar-refractivity contribution is 7.20. The normalized spacial score (nSPS) is 11.6. The predicted molar refractivity (Wildman–Crippen MR) is 104 cm³/mol. The first-order chi connectivity index (χ1) is 12.0. The Balaban J connectivity index is 1.59. The van der Waals surface area contributed by atoms with E-state index in [2.05, 4.69) is 26.9 Å². The lowest BCUT2D eigenvalue weighted by Gasteiger charge is -2.09. The molecule has 0 unspecified atom stereocenters. The largest absolute Gasteiger partial charge is 0.376 e. The van der Waals surface area contributed by atoms with Crippen LogP contribution in [0.4, 0.5) is 5.69 Å². The molecule has 0 bridgehead atoms. The van der Waals surface area contributed by atoms with E-state index in [0.29, 0.717) is 5.71 Å². The molecule has 2 aromatic carbocycles. The summed E-state index contributed by atoms with van der Waals surface area (Å²) in [5, 5.41) is 8.10. The second-order valence-electron chi connectivity index (χ2n) is 5.89. The van der Waals surface area contributed by atoms with Gasteiger partial charge in [0.25, 0.3) is 5.91 Å². The second-order valence-corrected chi connectivity index (χ2v) is 6.92. The van der Waals surface area contributed by atoms with Crippen LogP contribution >= 0.6 is 11.3 Å². The highest BCUT2D eigenvalue weighted by Crippen LogP contribution is 2.21. The summed E-state index contributed by atoms with van der Waals surface area (Å²) >= 11 is 1.56. The number of aryl methyl sites for hydroxylation is 2. The molecule has 0 aliphatic carbocycles. The van der Waals surface area contributed by atoms with E-state index in [1.807, 2.05) is 57.2 Å². The first-order valence-corrected chi connectivity index (χ1v) is 8.85. The first-order valence-electron chi connectivity index (χ1n) is 8.03. The molecule has 1 heterocycles. The zero-order valence-corrected chi connectivity index (χ0v) is 15.3. The summed E-state index contributed by atoms with van der Waals surface area (Å²) in [7, 11) is 0. The molecule has 0 fully saturated rings. The molecule has 3 aromatic rings. The molecule has 0 saturated carbocycles.